The van der Waals surface area contributed by atoms with Crippen LogP contribution in [0.25, 0.3) is 16.5 Å². The second-order valence-corrected chi connectivity index (χ2v) is 3.90. The van der Waals surface area contributed by atoms with Crippen molar-refractivity contribution < 1.29 is 0 Å². The van der Waals surface area contributed by atoms with Crippen LogP contribution < -0.4 is 11.5 Å². The fourth-order valence-electron chi connectivity index (χ4n) is 2.00. The molecule has 0 saturated heterocycles. The predicted octanol–water partition coefficient (Wildman–Crippen LogP) is 1.52. The molecule has 4 N–H and O–H groups in total. The third-order valence-electron chi connectivity index (χ3n) is 2.85. The first-order valence-electron chi connectivity index (χ1n) is 5.53. The number of benzene rings is 1. The van der Waals surface area contributed by atoms with Crippen molar-refractivity contribution in [1.29, 1.82) is 0 Å². The van der Waals surface area contributed by atoms with Crippen LogP contribution in [-0.2, 0) is 0 Å². The van der Waals surface area contributed by atoms with Crippen molar-refractivity contribution in [3.8, 4) is 0 Å². The molecule has 92 valence electrons. The summed E-state index contributed by atoms with van der Waals surface area (Å²) in [5.41, 5.74) is 15.2. The maximum absolute atomic E-state index is 5.91. The first-order valence-corrected chi connectivity index (χ1v) is 5.53. The summed E-state index contributed by atoms with van der Waals surface area (Å²) in [7, 11) is 1.71. The molecule has 0 atom stereocenters. The molecule has 0 bridgehead atoms. The largest absolute Gasteiger partial charge is 0.404 e. The molecule has 0 fully saturated rings. The van der Waals surface area contributed by atoms with E-state index in [2.05, 4.69) is 15.0 Å². The second kappa shape index (κ2) is 4.83. The number of nitrogens with two attached hydrogens (primary N) is 2. The van der Waals surface area contributed by atoms with Gasteiger partial charge in [-0.05, 0) is 24.1 Å². The van der Waals surface area contributed by atoms with Crippen LogP contribution in [0.2, 0.25) is 0 Å². The van der Waals surface area contributed by atoms with Crippen LogP contribution in [0.15, 0.2) is 29.7 Å². The zero-order chi connectivity index (χ0) is 13.1. The van der Waals surface area contributed by atoms with Gasteiger partial charge in [-0.25, -0.2) is 9.97 Å². The highest BCUT2D eigenvalue weighted by atomic mass is 14.9. The van der Waals surface area contributed by atoms with E-state index in [1.165, 1.54) is 12.5 Å². The molecule has 0 aliphatic heterocycles. The number of hydrogen-bond acceptors (Lipinski definition) is 5. The zero-order valence-corrected chi connectivity index (χ0v) is 10.4. The summed E-state index contributed by atoms with van der Waals surface area (Å²) in [6, 6.07) is 3.87. The van der Waals surface area contributed by atoms with Gasteiger partial charge in [0.15, 0.2) is 0 Å². The van der Waals surface area contributed by atoms with Gasteiger partial charge in [-0.3, -0.25) is 4.99 Å². The first kappa shape index (κ1) is 12.0. The van der Waals surface area contributed by atoms with E-state index in [4.69, 9.17) is 11.5 Å². The standard InChI is InChI=1S/C13H15N5/c1-8-10(9(5-14)6-16-2)3-4-11-12(8)13(15)18-7-17-11/h3-7H,14H2,1-2H3,(H2,15,17,18). The fourth-order valence-corrected chi connectivity index (χ4v) is 2.00. The Morgan fingerprint density at radius 2 is 2.11 bits per heavy atom. The molecule has 1 aromatic carbocycles. The van der Waals surface area contributed by atoms with Crippen LogP contribution in [0.3, 0.4) is 0 Å². The number of allylic oxidation sites excluding steroid dienone is 1. The van der Waals surface area contributed by atoms with Crippen LogP contribution >= 0.6 is 0 Å². The quantitative estimate of drug-likeness (QED) is 0.780. The highest BCUT2D eigenvalue weighted by Gasteiger charge is 2.10. The fraction of sp³-hybridized carbons (Fsp3) is 0.154. The number of rotatable bonds is 2. The molecular weight excluding hydrogens is 226 g/mol. The van der Waals surface area contributed by atoms with Crippen molar-refractivity contribution in [3.05, 3.63) is 35.8 Å². The van der Waals surface area contributed by atoms with Crippen molar-refractivity contribution in [2.24, 2.45) is 10.7 Å². The summed E-state index contributed by atoms with van der Waals surface area (Å²) in [5.74, 6) is 0.476. The number of hydrogen-bond donors (Lipinski definition) is 2. The number of aliphatic imine (C=N–C) groups is 1. The average Bonchev–Trinajstić information content (AvgIpc) is 2.37. The van der Waals surface area contributed by atoms with E-state index in [-0.39, 0.29) is 0 Å². The summed E-state index contributed by atoms with van der Waals surface area (Å²) in [5, 5.41) is 0.860. The van der Waals surface area contributed by atoms with E-state index >= 15 is 0 Å². The molecule has 0 aliphatic rings. The summed E-state index contributed by atoms with van der Waals surface area (Å²) >= 11 is 0. The maximum atomic E-state index is 5.91. The highest BCUT2D eigenvalue weighted by Crippen LogP contribution is 2.27. The maximum Gasteiger partial charge on any atom is 0.134 e. The molecule has 5 nitrogen and oxygen atoms in total. The Kier molecular flexibility index (Phi) is 3.23. The Morgan fingerprint density at radius 3 is 2.78 bits per heavy atom. The molecular formula is C13H15N5. The normalized spacial score (nSPS) is 12.4. The third kappa shape index (κ3) is 1.90. The van der Waals surface area contributed by atoms with Crippen LogP contribution in [0.1, 0.15) is 11.1 Å². The number of fused-ring (bicyclic) bond motifs is 1. The van der Waals surface area contributed by atoms with Crippen molar-refractivity contribution >= 4 is 28.5 Å². The Bertz CT molecular complexity index is 643. The lowest BCUT2D eigenvalue weighted by Gasteiger charge is -2.10. The molecule has 0 unspecified atom stereocenters. The van der Waals surface area contributed by atoms with Crippen molar-refractivity contribution in [2.45, 2.75) is 6.92 Å². The van der Waals surface area contributed by atoms with Gasteiger partial charge in [0.05, 0.1) is 5.52 Å². The summed E-state index contributed by atoms with van der Waals surface area (Å²) in [4.78, 5) is 12.2. The van der Waals surface area contributed by atoms with Gasteiger partial charge >= 0.3 is 0 Å². The van der Waals surface area contributed by atoms with E-state index < -0.39 is 0 Å². The van der Waals surface area contributed by atoms with Crippen LogP contribution in [0, 0.1) is 6.92 Å². The zero-order valence-electron chi connectivity index (χ0n) is 10.4. The van der Waals surface area contributed by atoms with Crippen LogP contribution in [0.5, 0.6) is 0 Å². The molecule has 0 aliphatic carbocycles. The van der Waals surface area contributed by atoms with Crippen molar-refractivity contribution in [2.75, 3.05) is 12.8 Å². The summed E-state index contributed by atoms with van der Waals surface area (Å²) in [6.45, 7) is 1.98. The SMILES string of the molecule is CN=CC(=CN)c1ccc2ncnc(N)c2c1C. The van der Waals surface area contributed by atoms with Gasteiger partial charge in [0.2, 0.25) is 0 Å². The molecule has 0 saturated carbocycles. The molecule has 0 spiro atoms. The van der Waals surface area contributed by atoms with Gasteiger partial charge < -0.3 is 11.5 Å². The number of nitrogen functional groups attached to an aromatic ring is 1. The molecule has 5 heteroatoms. The topological polar surface area (TPSA) is 90.2 Å². The second-order valence-electron chi connectivity index (χ2n) is 3.90. The van der Waals surface area contributed by atoms with Gasteiger partial charge in [0.1, 0.15) is 12.1 Å². The van der Waals surface area contributed by atoms with Crippen LogP contribution in [-0.4, -0.2) is 23.2 Å². The molecule has 0 radical (unpaired) electrons. The molecule has 1 heterocycles. The van der Waals surface area contributed by atoms with Crippen molar-refractivity contribution in [1.82, 2.24) is 9.97 Å². The van der Waals surface area contributed by atoms with Crippen molar-refractivity contribution in [3.63, 3.8) is 0 Å². The average molecular weight is 241 g/mol. The number of anilines is 1. The minimum atomic E-state index is 0.476. The van der Waals surface area contributed by atoms with Crippen LogP contribution in [0.4, 0.5) is 5.82 Å². The molecule has 2 aromatic rings. The van der Waals surface area contributed by atoms with E-state index in [0.717, 1.165) is 27.6 Å². The summed E-state index contributed by atoms with van der Waals surface area (Å²) in [6.07, 6.45) is 4.71. The predicted molar refractivity (Wildman–Crippen MR) is 75.3 cm³/mol. The van der Waals surface area contributed by atoms with Gasteiger partial charge in [-0.15, -0.1) is 0 Å². The Balaban J connectivity index is 2.75. The highest BCUT2D eigenvalue weighted by molar-refractivity contribution is 6.12. The van der Waals surface area contributed by atoms with Gasteiger partial charge in [-0.2, -0.15) is 0 Å². The van der Waals surface area contributed by atoms with E-state index in [9.17, 15) is 0 Å². The number of aryl methyl sites for hydroxylation is 1. The number of aromatic nitrogens is 2. The summed E-state index contributed by atoms with van der Waals surface area (Å²) < 4.78 is 0. The lowest BCUT2D eigenvalue weighted by molar-refractivity contribution is 1.22. The van der Waals surface area contributed by atoms with Gasteiger partial charge in [0, 0.05) is 30.4 Å². The minimum Gasteiger partial charge on any atom is -0.404 e. The lowest BCUT2D eigenvalue weighted by Crippen LogP contribution is -1.99. The molecule has 18 heavy (non-hydrogen) atoms. The third-order valence-corrected chi connectivity index (χ3v) is 2.85. The molecule has 2 rings (SSSR count). The minimum absolute atomic E-state index is 0.476. The lowest BCUT2D eigenvalue weighted by atomic mass is 9.98. The molecule has 1 aromatic heterocycles. The van der Waals surface area contributed by atoms with Gasteiger partial charge in [-0.1, -0.05) is 6.07 Å². The van der Waals surface area contributed by atoms with E-state index in [1.807, 2.05) is 19.1 Å². The smallest absolute Gasteiger partial charge is 0.134 e. The Labute approximate surface area is 105 Å². The van der Waals surface area contributed by atoms with Gasteiger partial charge in [0.25, 0.3) is 0 Å². The Hall–Kier alpha value is -2.43. The number of nitrogens with zero attached hydrogens (tertiary/aromatic N) is 3. The Morgan fingerprint density at radius 1 is 1.33 bits per heavy atom. The first-order chi connectivity index (χ1) is 8.69. The van der Waals surface area contributed by atoms with E-state index in [0.29, 0.717) is 5.82 Å². The monoisotopic (exact) mass is 241 g/mol. The van der Waals surface area contributed by atoms with E-state index in [1.54, 1.807) is 13.3 Å². The molecule has 0 amide bonds.